The van der Waals surface area contributed by atoms with Crippen molar-refractivity contribution < 1.29 is 0 Å². The molecule has 0 aliphatic heterocycles. The summed E-state index contributed by atoms with van der Waals surface area (Å²) in [5.74, 6) is 13.8. The van der Waals surface area contributed by atoms with Crippen molar-refractivity contribution in [2.45, 2.75) is 5.41 Å². The molecule has 12 rings (SSSR count). The fourth-order valence-electron chi connectivity index (χ4n) is 10.2. The Morgan fingerprint density at radius 2 is 0.522 bits per heavy atom. The van der Waals surface area contributed by atoms with Gasteiger partial charge in [-0.15, -0.1) is 0 Å². The highest BCUT2D eigenvalue weighted by Crippen LogP contribution is 2.63. The molecule has 0 saturated heterocycles. The summed E-state index contributed by atoms with van der Waals surface area (Å²) in [6, 6.07) is 90.7. The first kappa shape index (κ1) is 39.5. The molecule has 0 unspecified atom stereocenters. The quantitative estimate of drug-likeness (QED) is 0.154. The molecule has 1 spiro atoms. The maximum atomic E-state index is 3.56. The van der Waals surface area contributed by atoms with Crippen LogP contribution in [0, 0.1) is 23.7 Å². The molecule has 0 bridgehead atoms. The Bertz CT molecular complexity index is 3430. The third-order valence-corrected chi connectivity index (χ3v) is 13.1. The summed E-state index contributed by atoms with van der Waals surface area (Å²) in [7, 11) is 0. The van der Waals surface area contributed by atoms with E-state index in [4.69, 9.17) is 0 Å². The summed E-state index contributed by atoms with van der Waals surface area (Å²) in [6.07, 6.45) is 0. The number of hydrogen-bond donors (Lipinski definition) is 0. The van der Waals surface area contributed by atoms with E-state index < -0.39 is 5.41 Å². The van der Waals surface area contributed by atoms with Crippen molar-refractivity contribution in [2.75, 3.05) is 9.80 Å². The van der Waals surface area contributed by atoms with Crippen LogP contribution < -0.4 is 9.80 Å². The summed E-state index contributed by atoms with van der Waals surface area (Å²) >= 11 is 0. The Labute approximate surface area is 392 Å². The molecule has 0 aromatic heterocycles. The number of rotatable bonds is 6. The molecule has 10 aromatic rings. The Kier molecular flexibility index (Phi) is 9.91. The normalized spacial score (nSPS) is 12.1. The summed E-state index contributed by atoms with van der Waals surface area (Å²) < 4.78 is 0. The van der Waals surface area contributed by atoms with Crippen LogP contribution in [0.15, 0.2) is 255 Å². The van der Waals surface area contributed by atoms with Crippen LogP contribution in [0.2, 0.25) is 0 Å². The molecule has 0 saturated carbocycles. The number of para-hydroxylation sites is 4. The molecule has 312 valence electrons. The van der Waals surface area contributed by atoms with E-state index in [-0.39, 0.29) is 0 Å². The van der Waals surface area contributed by atoms with Gasteiger partial charge in [-0.3, -0.25) is 0 Å². The van der Waals surface area contributed by atoms with Gasteiger partial charge >= 0.3 is 0 Å². The third kappa shape index (κ3) is 6.97. The van der Waals surface area contributed by atoms with E-state index in [9.17, 15) is 0 Å². The van der Waals surface area contributed by atoms with Gasteiger partial charge in [0.2, 0.25) is 0 Å². The number of nitrogens with zero attached hydrogens (tertiary/aromatic N) is 2. The lowest BCUT2D eigenvalue weighted by molar-refractivity contribution is 0.793. The van der Waals surface area contributed by atoms with Crippen LogP contribution in [0.5, 0.6) is 0 Å². The maximum Gasteiger partial charge on any atom is 0.0726 e. The van der Waals surface area contributed by atoms with Crippen molar-refractivity contribution >= 4 is 34.1 Å². The second-order valence-corrected chi connectivity index (χ2v) is 17.0. The van der Waals surface area contributed by atoms with Gasteiger partial charge in [0.05, 0.1) is 5.41 Å². The third-order valence-electron chi connectivity index (χ3n) is 13.1. The van der Waals surface area contributed by atoms with E-state index in [1.54, 1.807) is 0 Å². The molecule has 2 aliphatic carbocycles. The molecular formula is C65H42N2. The second kappa shape index (κ2) is 16.8. The van der Waals surface area contributed by atoms with Gasteiger partial charge in [-0.2, -0.15) is 0 Å². The molecule has 67 heavy (non-hydrogen) atoms. The minimum Gasteiger partial charge on any atom is -0.311 e. The summed E-state index contributed by atoms with van der Waals surface area (Å²) in [4.78, 5) is 4.62. The van der Waals surface area contributed by atoms with E-state index in [1.165, 1.54) is 44.5 Å². The second-order valence-electron chi connectivity index (χ2n) is 17.0. The monoisotopic (exact) mass is 850 g/mol. The van der Waals surface area contributed by atoms with Crippen LogP contribution in [-0.4, -0.2) is 0 Å². The number of hydrogen-bond acceptors (Lipinski definition) is 2. The van der Waals surface area contributed by atoms with Crippen molar-refractivity contribution in [1.29, 1.82) is 0 Å². The smallest absolute Gasteiger partial charge is 0.0726 e. The van der Waals surface area contributed by atoms with Crippen LogP contribution in [-0.2, 0) is 5.41 Å². The molecule has 2 heteroatoms. The van der Waals surface area contributed by atoms with Crippen molar-refractivity contribution in [1.82, 2.24) is 0 Å². The molecule has 0 amide bonds. The number of fused-ring (bicyclic) bond motifs is 10. The van der Waals surface area contributed by atoms with Crippen LogP contribution in [0.25, 0.3) is 22.3 Å². The van der Waals surface area contributed by atoms with Gasteiger partial charge in [0.25, 0.3) is 0 Å². The zero-order valence-corrected chi connectivity index (χ0v) is 36.6. The lowest BCUT2D eigenvalue weighted by Crippen LogP contribution is -2.26. The highest BCUT2D eigenvalue weighted by atomic mass is 15.1. The lowest BCUT2D eigenvalue weighted by atomic mass is 9.70. The average molecular weight is 851 g/mol. The molecule has 0 atom stereocenters. The molecule has 2 nitrogen and oxygen atoms in total. The van der Waals surface area contributed by atoms with Gasteiger partial charge in [0.15, 0.2) is 0 Å². The predicted molar refractivity (Wildman–Crippen MR) is 277 cm³/mol. The minimum absolute atomic E-state index is 0.519. The Morgan fingerprint density at radius 3 is 0.985 bits per heavy atom. The van der Waals surface area contributed by atoms with Crippen molar-refractivity contribution in [3.8, 4) is 45.9 Å². The highest BCUT2D eigenvalue weighted by molar-refractivity contribution is 5.96. The van der Waals surface area contributed by atoms with Crippen LogP contribution >= 0.6 is 0 Å². The van der Waals surface area contributed by atoms with Crippen LogP contribution in [0.1, 0.15) is 44.5 Å². The molecule has 0 radical (unpaired) electrons. The Balaban J connectivity index is 0.873. The first-order valence-electron chi connectivity index (χ1n) is 22.8. The van der Waals surface area contributed by atoms with E-state index >= 15 is 0 Å². The molecule has 0 N–H and O–H groups in total. The molecular weight excluding hydrogens is 809 g/mol. The summed E-state index contributed by atoms with van der Waals surface area (Å²) in [5, 5.41) is 0. The standard InChI is InChI=1S/C65H42N2/c1-5-17-51(18-6-1)66(52-19-7-2-8-20-52)55-40-37-49(38-41-55)34-33-47-29-31-48(32-30-47)35-36-50-39-43-59-60-44-42-56(67(53-21-9-3-10-22-53)54-23-11-4-12-24-54)46-64(60)65(63(59)45-50)61-27-15-13-25-57(61)58-26-14-16-28-62(58)65/h1-32,37-46H. The van der Waals surface area contributed by atoms with Gasteiger partial charge in [-0.1, -0.05) is 157 Å². The van der Waals surface area contributed by atoms with Crippen molar-refractivity contribution in [2.24, 2.45) is 0 Å². The minimum atomic E-state index is -0.519. The fourth-order valence-corrected chi connectivity index (χ4v) is 10.2. The number of benzene rings is 10. The van der Waals surface area contributed by atoms with Crippen LogP contribution in [0.4, 0.5) is 34.1 Å². The number of anilines is 6. The molecule has 10 aromatic carbocycles. The first-order valence-corrected chi connectivity index (χ1v) is 22.8. The zero-order chi connectivity index (χ0) is 44.6. The predicted octanol–water partition coefficient (Wildman–Crippen LogP) is 15.8. The van der Waals surface area contributed by atoms with Gasteiger partial charge in [0.1, 0.15) is 0 Å². The topological polar surface area (TPSA) is 6.48 Å². The molecule has 2 aliphatic rings. The van der Waals surface area contributed by atoms with Gasteiger partial charge in [-0.25, -0.2) is 0 Å². The summed E-state index contributed by atoms with van der Waals surface area (Å²) in [6.45, 7) is 0. The van der Waals surface area contributed by atoms with Crippen molar-refractivity contribution in [3.63, 3.8) is 0 Å². The van der Waals surface area contributed by atoms with E-state index in [1.807, 2.05) is 12.1 Å². The maximum absolute atomic E-state index is 3.56. The van der Waals surface area contributed by atoms with E-state index in [0.717, 1.165) is 56.4 Å². The fraction of sp³-hybridized carbons (Fsp3) is 0.0154. The molecule has 0 fully saturated rings. The average Bonchev–Trinajstić information content (AvgIpc) is 3.86. The van der Waals surface area contributed by atoms with Gasteiger partial charge < -0.3 is 9.80 Å². The van der Waals surface area contributed by atoms with Gasteiger partial charge in [-0.05, 0) is 166 Å². The Morgan fingerprint density at radius 1 is 0.224 bits per heavy atom. The van der Waals surface area contributed by atoms with Gasteiger partial charge in [0, 0.05) is 56.4 Å². The SMILES string of the molecule is C(#Cc1ccc(N(c2ccccc2)c2ccccc2)cc1)c1ccc(C#Cc2ccc3c(c2)C2(c4ccccc4-c4ccccc42)c2cc(N(c4ccccc4)c4ccccc4)ccc2-3)cc1. The first-order chi connectivity index (χ1) is 33.2. The van der Waals surface area contributed by atoms with Crippen molar-refractivity contribution in [3.05, 3.63) is 299 Å². The van der Waals surface area contributed by atoms with Crippen LogP contribution in [0.3, 0.4) is 0 Å². The summed E-state index contributed by atoms with van der Waals surface area (Å²) in [5.41, 5.74) is 20.1. The van der Waals surface area contributed by atoms with E-state index in [2.05, 4.69) is 276 Å². The molecule has 0 heterocycles. The largest absolute Gasteiger partial charge is 0.311 e. The lowest BCUT2D eigenvalue weighted by Gasteiger charge is -2.32. The zero-order valence-electron chi connectivity index (χ0n) is 36.6. The Hall–Kier alpha value is -9.08. The highest BCUT2D eigenvalue weighted by Gasteiger charge is 2.51. The van der Waals surface area contributed by atoms with E-state index in [0.29, 0.717) is 0 Å².